The number of likely N-dealkylation sites (tertiary alicyclic amines) is 1. The van der Waals surface area contributed by atoms with Gasteiger partial charge in [0.15, 0.2) is 0 Å². The molecule has 2 N–H and O–H groups in total. The fourth-order valence-corrected chi connectivity index (χ4v) is 1.70. The van der Waals surface area contributed by atoms with Crippen LogP contribution in [0.4, 0.5) is 14.9 Å². The molecular weight excluding hydrogens is 211 g/mol. The van der Waals surface area contributed by atoms with E-state index in [1.165, 1.54) is 23.1 Å². The average molecular weight is 224 g/mol. The normalized spacial score (nSPS) is 19.9. The number of aliphatic hydroxyl groups excluding tert-OH is 1. The number of amides is 2. The van der Waals surface area contributed by atoms with Crippen LogP contribution >= 0.6 is 0 Å². The minimum atomic E-state index is -0.446. The second kappa shape index (κ2) is 4.49. The molecule has 1 aliphatic heterocycles. The van der Waals surface area contributed by atoms with Gasteiger partial charge >= 0.3 is 6.03 Å². The third kappa shape index (κ3) is 2.49. The third-order valence-electron chi connectivity index (χ3n) is 2.53. The summed E-state index contributed by atoms with van der Waals surface area (Å²) < 4.78 is 12.9. The molecule has 1 aromatic rings. The summed E-state index contributed by atoms with van der Waals surface area (Å²) in [7, 11) is 0. The van der Waals surface area contributed by atoms with E-state index < -0.39 is 6.10 Å². The van der Waals surface area contributed by atoms with Crippen LogP contribution in [0.15, 0.2) is 24.3 Å². The Morgan fingerprint density at radius 1 is 1.56 bits per heavy atom. The molecule has 2 rings (SSSR count). The smallest absolute Gasteiger partial charge is 0.321 e. The highest BCUT2D eigenvalue weighted by atomic mass is 19.1. The predicted octanol–water partition coefficient (Wildman–Crippen LogP) is 1.42. The highest BCUT2D eigenvalue weighted by molar-refractivity contribution is 5.89. The SMILES string of the molecule is O=C(Nc1cccc(F)c1)N1CCC(O)C1. The lowest BCUT2D eigenvalue weighted by Gasteiger charge is -2.16. The van der Waals surface area contributed by atoms with E-state index in [1.54, 1.807) is 6.07 Å². The largest absolute Gasteiger partial charge is 0.391 e. The molecule has 1 aromatic carbocycles. The van der Waals surface area contributed by atoms with Crippen molar-refractivity contribution in [3.05, 3.63) is 30.1 Å². The quantitative estimate of drug-likeness (QED) is 0.758. The van der Waals surface area contributed by atoms with E-state index in [4.69, 9.17) is 0 Å². The van der Waals surface area contributed by atoms with Crippen molar-refractivity contribution in [3.63, 3.8) is 0 Å². The summed E-state index contributed by atoms with van der Waals surface area (Å²) in [5.74, 6) is -0.390. The Labute approximate surface area is 92.7 Å². The van der Waals surface area contributed by atoms with Gasteiger partial charge in [0.1, 0.15) is 5.82 Å². The minimum absolute atomic E-state index is 0.304. The molecule has 1 saturated heterocycles. The Hall–Kier alpha value is -1.62. The number of halogens is 1. The maximum atomic E-state index is 12.9. The monoisotopic (exact) mass is 224 g/mol. The van der Waals surface area contributed by atoms with Crippen molar-refractivity contribution in [3.8, 4) is 0 Å². The first kappa shape index (κ1) is 10.9. The topological polar surface area (TPSA) is 52.6 Å². The number of nitrogens with zero attached hydrogens (tertiary/aromatic N) is 1. The summed E-state index contributed by atoms with van der Waals surface area (Å²) in [5.41, 5.74) is 0.423. The van der Waals surface area contributed by atoms with E-state index in [0.29, 0.717) is 25.2 Å². The van der Waals surface area contributed by atoms with Gasteiger partial charge in [0.25, 0.3) is 0 Å². The molecule has 0 spiro atoms. The molecule has 0 radical (unpaired) electrons. The molecule has 0 saturated carbocycles. The molecule has 1 unspecified atom stereocenters. The zero-order chi connectivity index (χ0) is 11.5. The first-order valence-electron chi connectivity index (χ1n) is 5.15. The van der Waals surface area contributed by atoms with E-state index in [9.17, 15) is 14.3 Å². The van der Waals surface area contributed by atoms with Gasteiger partial charge in [-0.25, -0.2) is 9.18 Å². The van der Waals surface area contributed by atoms with Crippen LogP contribution in [-0.4, -0.2) is 35.2 Å². The van der Waals surface area contributed by atoms with Crippen LogP contribution < -0.4 is 5.32 Å². The summed E-state index contributed by atoms with van der Waals surface area (Å²) in [6.45, 7) is 0.865. The van der Waals surface area contributed by atoms with Gasteiger partial charge in [0, 0.05) is 18.8 Å². The van der Waals surface area contributed by atoms with Crippen LogP contribution in [0.1, 0.15) is 6.42 Å². The number of nitrogens with one attached hydrogen (secondary N) is 1. The number of β-amino-alcohol motifs (C(OH)–C–C–N with tert-alkyl or cyclic N) is 1. The van der Waals surface area contributed by atoms with Crippen molar-refractivity contribution in [2.24, 2.45) is 0 Å². The van der Waals surface area contributed by atoms with E-state index in [0.717, 1.165) is 0 Å². The number of carbonyl (C=O) groups is 1. The van der Waals surface area contributed by atoms with Crippen molar-refractivity contribution in [2.45, 2.75) is 12.5 Å². The molecule has 16 heavy (non-hydrogen) atoms. The average Bonchev–Trinajstić information content (AvgIpc) is 2.65. The number of hydrogen-bond acceptors (Lipinski definition) is 2. The zero-order valence-corrected chi connectivity index (χ0v) is 8.69. The fraction of sp³-hybridized carbons (Fsp3) is 0.364. The van der Waals surface area contributed by atoms with Gasteiger partial charge in [0.2, 0.25) is 0 Å². The molecule has 1 heterocycles. The molecule has 1 aliphatic rings. The van der Waals surface area contributed by atoms with Crippen molar-refractivity contribution < 1.29 is 14.3 Å². The van der Waals surface area contributed by atoms with Gasteiger partial charge in [0.05, 0.1) is 6.10 Å². The summed E-state index contributed by atoms with van der Waals surface area (Å²) in [4.78, 5) is 13.2. The molecule has 1 atom stereocenters. The lowest BCUT2D eigenvalue weighted by atomic mass is 10.3. The lowest BCUT2D eigenvalue weighted by Crippen LogP contribution is -2.33. The Kier molecular flexibility index (Phi) is 3.05. The maximum absolute atomic E-state index is 12.9. The number of carbonyl (C=O) groups excluding carboxylic acids is 1. The zero-order valence-electron chi connectivity index (χ0n) is 8.69. The standard InChI is InChI=1S/C11H13FN2O2/c12-8-2-1-3-9(6-8)13-11(16)14-5-4-10(15)7-14/h1-3,6,10,15H,4-5,7H2,(H,13,16). The Balaban J connectivity index is 1.97. The molecular formula is C11H13FN2O2. The van der Waals surface area contributed by atoms with Gasteiger partial charge in [-0.3, -0.25) is 0 Å². The first-order chi connectivity index (χ1) is 7.65. The van der Waals surface area contributed by atoms with Gasteiger partial charge in [-0.15, -0.1) is 0 Å². The summed E-state index contributed by atoms with van der Waals surface area (Å²) in [5, 5.41) is 11.9. The van der Waals surface area contributed by atoms with E-state index in [-0.39, 0.29) is 11.8 Å². The Morgan fingerprint density at radius 2 is 2.38 bits per heavy atom. The number of anilines is 1. The third-order valence-corrected chi connectivity index (χ3v) is 2.53. The molecule has 86 valence electrons. The van der Waals surface area contributed by atoms with E-state index >= 15 is 0 Å². The van der Waals surface area contributed by atoms with Crippen molar-refractivity contribution in [1.82, 2.24) is 4.90 Å². The second-order valence-electron chi connectivity index (χ2n) is 3.83. The van der Waals surface area contributed by atoms with Crippen molar-refractivity contribution in [1.29, 1.82) is 0 Å². The highest BCUT2D eigenvalue weighted by Gasteiger charge is 2.24. The number of aliphatic hydroxyl groups is 1. The van der Waals surface area contributed by atoms with Crippen LogP contribution in [0.25, 0.3) is 0 Å². The van der Waals surface area contributed by atoms with Crippen molar-refractivity contribution >= 4 is 11.7 Å². The van der Waals surface area contributed by atoms with E-state index in [1.807, 2.05) is 0 Å². The number of rotatable bonds is 1. The summed E-state index contributed by atoms with van der Waals surface area (Å²) in [6.07, 6.45) is 0.148. The molecule has 1 fully saturated rings. The predicted molar refractivity (Wildman–Crippen MR) is 57.6 cm³/mol. The minimum Gasteiger partial charge on any atom is -0.391 e. The van der Waals surface area contributed by atoms with Gasteiger partial charge in [-0.05, 0) is 24.6 Å². The highest BCUT2D eigenvalue weighted by Crippen LogP contribution is 2.13. The Bertz CT molecular complexity index is 397. The summed E-state index contributed by atoms with van der Waals surface area (Å²) in [6, 6.07) is 5.42. The molecule has 0 aromatic heterocycles. The molecule has 5 heteroatoms. The number of benzene rings is 1. The van der Waals surface area contributed by atoms with Crippen LogP contribution in [0.3, 0.4) is 0 Å². The van der Waals surface area contributed by atoms with Gasteiger partial charge in [-0.1, -0.05) is 6.07 Å². The van der Waals surface area contributed by atoms with Gasteiger partial charge < -0.3 is 15.3 Å². The number of urea groups is 1. The molecule has 0 aliphatic carbocycles. The lowest BCUT2D eigenvalue weighted by molar-refractivity contribution is 0.176. The van der Waals surface area contributed by atoms with Crippen LogP contribution in [0.2, 0.25) is 0 Å². The number of hydrogen-bond donors (Lipinski definition) is 2. The van der Waals surface area contributed by atoms with Crippen LogP contribution in [0.5, 0.6) is 0 Å². The van der Waals surface area contributed by atoms with Crippen LogP contribution in [0, 0.1) is 5.82 Å². The fourth-order valence-electron chi connectivity index (χ4n) is 1.70. The summed E-state index contributed by atoms with van der Waals surface area (Å²) >= 11 is 0. The van der Waals surface area contributed by atoms with Gasteiger partial charge in [-0.2, -0.15) is 0 Å². The van der Waals surface area contributed by atoms with Crippen molar-refractivity contribution in [2.75, 3.05) is 18.4 Å². The van der Waals surface area contributed by atoms with E-state index in [2.05, 4.69) is 5.32 Å². The molecule has 4 nitrogen and oxygen atoms in total. The molecule has 0 bridgehead atoms. The van der Waals surface area contributed by atoms with Crippen LogP contribution in [-0.2, 0) is 0 Å². The maximum Gasteiger partial charge on any atom is 0.321 e. The first-order valence-corrected chi connectivity index (χ1v) is 5.15. The molecule has 2 amide bonds. The Morgan fingerprint density at radius 3 is 3.00 bits per heavy atom. The second-order valence-corrected chi connectivity index (χ2v) is 3.83.